The van der Waals surface area contributed by atoms with E-state index in [9.17, 15) is 8.42 Å². The first kappa shape index (κ1) is 14.0. The van der Waals surface area contributed by atoms with Gasteiger partial charge in [-0.05, 0) is 24.1 Å². The molecule has 1 aromatic rings. The van der Waals surface area contributed by atoms with E-state index in [2.05, 4.69) is 0 Å². The van der Waals surface area contributed by atoms with Crippen LogP contribution in [0.15, 0.2) is 24.3 Å². The average molecular weight is 258 g/mol. The molecule has 0 unspecified atom stereocenters. The first-order chi connectivity index (χ1) is 8.07. The van der Waals surface area contributed by atoms with Crippen LogP contribution in [0.3, 0.4) is 0 Å². The Morgan fingerprint density at radius 2 is 1.82 bits per heavy atom. The topological polar surface area (TPSA) is 63.6 Å². The van der Waals surface area contributed by atoms with E-state index in [1.165, 1.54) is 0 Å². The highest BCUT2D eigenvalue weighted by Crippen LogP contribution is 2.12. The number of ether oxygens (including phenoxy) is 1. The molecular weight excluding hydrogens is 240 g/mol. The highest BCUT2D eigenvalue weighted by atomic mass is 32.2. The second-order valence-electron chi connectivity index (χ2n) is 3.80. The van der Waals surface area contributed by atoms with E-state index in [0.717, 1.165) is 5.56 Å². The van der Waals surface area contributed by atoms with Gasteiger partial charge in [0, 0.05) is 0 Å². The van der Waals surface area contributed by atoms with Crippen molar-refractivity contribution in [3.63, 3.8) is 0 Å². The number of aliphatic hydroxyl groups excluding tert-OH is 1. The Labute approximate surface area is 102 Å². The lowest BCUT2D eigenvalue weighted by Gasteiger charge is -2.07. The highest BCUT2D eigenvalue weighted by Gasteiger charge is 2.09. The molecule has 0 saturated carbocycles. The maximum absolute atomic E-state index is 11.4. The average Bonchev–Trinajstić information content (AvgIpc) is 2.29. The van der Waals surface area contributed by atoms with E-state index in [1.807, 2.05) is 6.92 Å². The monoisotopic (exact) mass is 258 g/mol. The third-order valence-electron chi connectivity index (χ3n) is 2.28. The molecule has 0 atom stereocenters. The highest BCUT2D eigenvalue weighted by molar-refractivity contribution is 7.91. The molecule has 0 aliphatic carbocycles. The molecule has 0 aromatic heterocycles. The smallest absolute Gasteiger partial charge is 0.153 e. The Kier molecular flexibility index (Phi) is 5.44. The zero-order chi connectivity index (χ0) is 12.7. The minimum atomic E-state index is -2.98. The van der Waals surface area contributed by atoms with Crippen molar-refractivity contribution in [2.24, 2.45) is 0 Å². The van der Waals surface area contributed by atoms with Gasteiger partial charge >= 0.3 is 0 Å². The summed E-state index contributed by atoms with van der Waals surface area (Å²) in [4.78, 5) is 0. The SMILES string of the molecule is CCCS(=O)(=O)CCOc1ccc(CO)cc1. The molecule has 0 radical (unpaired) electrons. The molecule has 0 amide bonds. The van der Waals surface area contributed by atoms with Gasteiger partial charge in [-0.15, -0.1) is 0 Å². The molecule has 0 heterocycles. The quantitative estimate of drug-likeness (QED) is 0.802. The number of benzene rings is 1. The van der Waals surface area contributed by atoms with E-state index in [4.69, 9.17) is 9.84 Å². The van der Waals surface area contributed by atoms with Gasteiger partial charge in [0.2, 0.25) is 0 Å². The van der Waals surface area contributed by atoms with E-state index >= 15 is 0 Å². The van der Waals surface area contributed by atoms with Crippen molar-refractivity contribution in [1.29, 1.82) is 0 Å². The number of hydrogen-bond donors (Lipinski definition) is 1. The summed E-state index contributed by atoms with van der Waals surface area (Å²) in [6.07, 6.45) is 0.632. The minimum Gasteiger partial charge on any atom is -0.493 e. The van der Waals surface area contributed by atoms with Crippen LogP contribution in [0.4, 0.5) is 0 Å². The first-order valence-corrected chi connectivity index (χ1v) is 7.42. The van der Waals surface area contributed by atoms with Crippen LogP contribution < -0.4 is 4.74 Å². The lowest BCUT2D eigenvalue weighted by atomic mass is 10.2. The van der Waals surface area contributed by atoms with Gasteiger partial charge < -0.3 is 9.84 Å². The normalized spacial score (nSPS) is 11.4. The van der Waals surface area contributed by atoms with Gasteiger partial charge in [-0.1, -0.05) is 19.1 Å². The zero-order valence-electron chi connectivity index (χ0n) is 9.93. The van der Waals surface area contributed by atoms with Crippen molar-refractivity contribution >= 4 is 9.84 Å². The van der Waals surface area contributed by atoms with E-state index in [-0.39, 0.29) is 24.7 Å². The van der Waals surface area contributed by atoms with Gasteiger partial charge in [-0.25, -0.2) is 8.42 Å². The summed E-state index contributed by atoms with van der Waals surface area (Å²) in [5.41, 5.74) is 0.802. The largest absolute Gasteiger partial charge is 0.493 e. The number of aliphatic hydroxyl groups is 1. The Bertz CT molecular complexity index is 422. The van der Waals surface area contributed by atoms with Gasteiger partial charge in [0.1, 0.15) is 12.4 Å². The molecule has 96 valence electrons. The summed E-state index contributed by atoms with van der Waals surface area (Å²) in [5, 5.41) is 8.85. The van der Waals surface area contributed by atoms with E-state index in [0.29, 0.717) is 12.2 Å². The fraction of sp³-hybridized carbons (Fsp3) is 0.500. The maximum Gasteiger partial charge on any atom is 0.153 e. The molecule has 0 fully saturated rings. The molecule has 0 aliphatic heterocycles. The summed E-state index contributed by atoms with van der Waals surface area (Å²) in [7, 11) is -2.98. The molecule has 5 heteroatoms. The maximum atomic E-state index is 11.4. The van der Waals surface area contributed by atoms with Crippen molar-refractivity contribution in [1.82, 2.24) is 0 Å². The fourth-order valence-electron chi connectivity index (χ4n) is 1.39. The van der Waals surface area contributed by atoms with Crippen LogP contribution in [0.5, 0.6) is 5.75 Å². The Balaban J connectivity index is 2.40. The Hall–Kier alpha value is -1.07. The number of rotatable bonds is 7. The summed E-state index contributed by atoms with van der Waals surface area (Å²) < 4.78 is 28.1. The van der Waals surface area contributed by atoms with Crippen molar-refractivity contribution in [2.75, 3.05) is 18.1 Å². The summed E-state index contributed by atoms with van der Waals surface area (Å²) in [5.74, 6) is 0.872. The third-order valence-corrected chi connectivity index (χ3v) is 4.10. The lowest BCUT2D eigenvalue weighted by Crippen LogP contribution is -2.16. The molecule has 1 rings (SSSR count). The molecule has 0 aliphatic rings. The number of sulfone groups is 1. The van der Waals surface area contributed by atoms with E-state index < -0.39 is 9.84 Å². The number of hydrogen-bond acceptors (Lipinski definition) is 4. The van der Waals surface area contributed by atoms with Crippen LogP contribution in [0.2, 0.25) is 0 Å². The molecule has 1 N–H and O–H groups in total. The third kappa shape index (κ3) is 5.19. The summed E-state index contributed by atoms with van der Waals surface area (Å²) >= 11 is 0. The van der Waals surface area contributed by atoms with Crippen molar-refractivity contribution in [3.8, 4) is 5.75 Å². The standard InChI is InChI=1S/C12H18O4S/c1-2-8-17(14,15)9-7-16-12-5-3-11(10-13)4-6-12/h3-6,13H,2,7-10H2,1H3. The summed E-state index contributed by atoms with van der Waals surface area (Å²) in [6, 6.07) is 6.93. The van der Waals surface area contributed by atoms with Gasteiger partial charge in [0.25, 0.3) is 0 Å². The predicted octanol–water partition coefficient (Wildman–Crippen LogP) is 1.38. The van der Waals surface area contributed by atoms with Gasteiger partial charge in [0.05, 0.1) is 18.1 Å². The zero-order valence-corrected chi connectivity index (χ0v) is 10.7. The lowest BCUT2D eigenvalue weighted by molar-refractivity contribution is 0.281. The molecule has 4 nitrogen and oxygen atoms in total. The van der Waals surface area contributed by atoms with Crippen LogP contribution in [-0.2, 0) is 16.4 Å². The molecule has 17 heavy (non-hydrogen) atoms. The summed E-state index contributed by atoms with van der Waals surface area (Å²) in [6.45, 7) is 2.00. The van der Waals surface area contributed by atoms with Gasteiger partial charge in [-0.2, -0.15) is 0 Å². The van der Waals surface area contributed by atoms with Crippen molar-refractivity contribution in [3.05, 3.63) is 29.8 Å². The van der Waals surface area contributed by atoms with Crippen LogP contribution >= 0.6 is 0 Å². The molecular formula is C12H18O4S. The van der Waals surface area contributed by atoms with Crippen LogP contribution in [0, 0.1) is 0 Å². The van der Waals surface area contributed by atoms with Gasteiger partial charge in [-0.3, -0.25) is 0 Å². The minimum absolute atomic E-state index is 0.00877. The molecule has 0 bridgehead atoms. The van der Waals surface area contributed by atoms with Crippen LogP contribution in [0.25, 0.3) is 0 Å². The fourth-order valence-corrected chi connectivity index (χ4v) is 2.55. The second kappa shape index (κ2) is 6.61. The van der Waals surface area contributed by atoms with E-state index in [1.54, 1.807) is 24.3 Å². The molecule has 0 spiro atoms. The second-order valence-corrected chi connectivity index (χ2v) is 6.11. The first-order valence-electron chi connectivity index (χ1n) is 5.60. The van der Waals surface area contributed by atoms with Gasteiger partial charge in [0.15, 0.2) is 9.84 Å². The Morgan fingerprint density at radius 1 is 1.18 bits per heavy atom. The van der Waals surface area contributed by atoms with Crippen molar-refractivity contribution < 1.29 is 18.3 Å². The van der Waals surface area contributed by atoms with Crippen LogP contribution in [0.1, 0.15) is 18.9 Å². The predicted molar refractivity (Wildman–Crippen MR) is 66.8 cm³/mol. The van der Waals surface area contributed by atoms with Crippen LogP contribution in [-0.4, -0.2) is 31.6 Å². The molecule has 0 saturated heterocycles. The van der Waals surface area contributed by atoms with Crippen molar-refractivity contribution in [2.45, 2.75) is 20.0 Å². The molecule has 1 aromatic carbocycles. The Morgan fingerprint density at radius 3 is 2.35 bits per heavy atom.